The number of nitrogens with one attached hydrogen (secondary N) is 3. The minimum absolute atomic E-state index is 0.0754. The molecule has 12 heteroatoms. The van der Waals surface area contributed by atoms with Gasteiger partial charge in [0.15, 0.2) is 10.8 Å². The maximum Gasteiger partial charge on any atom is 0.272 e. The van der Waals surface area contributed by atoms with E-state index in [0.29, 0.717) is 42.3 Å². The Morgan fingerprint density at radius 2 is 2.08 bits per heavy atom. The normalized spacial score (nSPS) is 23.5. The van der Waals surface area contributed by atoms with Crippen molar-refractivity contribution in [2.24, 2.45) is 5.92 Å². The largest absolute Gasteiger partial charge is 0.354 e. The van der Waals surface area contributed by atoms with E-state index in [-0.39, 0.29) is 29.7 Å². The number of hydrogen-bond donors (Lipinski definition) is 3. The predicted octanol–water partition coefficient (Wildman–Crippen LogP) is 1.13. The molecule has 1 aromatic carbocycles. The minimum Gasteiger partial charge on any atom is -0.354 e. The average Bonchev–Trinajstić information content (AvgIpc) is 3.70. The van der Waals surface area contributed by atoms with Crippen LogP contribution in [0.25, 0.3) is 10.9 Å². The van der Waals surface area contributed by atoms with Gasteiger partial charge in [-0.05, 0) is 37.6 Å². The van der Waals surface area contributed by atoms with Crippen LogP contribution >= 0.6 is 11.3 Å². The standard InChI is InChI=1S/C24H28N8O3S/c1-25-23(35)21-18-8-15(2-3-19(18)28-29-21)27-22(34)14-4-6-30(10-14)13-20(33)31-11-17-9-16(31)12-32(17)24-26-5-7-36-24/h2-3,5,7-8,14,16-17H,4,6,9-13H2,1H3,(H,25,35)(H,27,34)(H,28,29)/t14-,16-,17-/m1/s1. The van der Waals surface area contributed by atoms with Crippen LogP contribution in [-0.4, -0.2) is 94.6 Å². The maximum atomic E-state index is 13.1. The second kappa shape index (κ2) is 9.17. The van der Waals surface area contributed by atoms with Crippen LogP contribution in [0.15, 0.2) is 29.8 Å². The number of H-pyrrole nitrogens is 1. The summed E-state index contributed by atoms with van der Waals surface area (Å²) >= 11 is 1.65. The molecule has 5 heterocycles. The molecule has 188 valence electrons. The third-order valence-electron chi connectivity index (χ3n) is 7.50. The summed E-state index contributed by atoms with van der Waals surface area (Å²) in [6, 6.07) is 5.93. The molecule has 3 amide bonds. The molecule has 3 atom stereocenters. The fourth-order valence-corrected chi connectivity index (χ4v) is 6.39. The number of likely N-dealkylation sites (tertiary alicyclic amines) is 2. The number of aromatic amines is 1. The van der Waals surface area contributed by atoms with Crippen LogP contribution in [0.5, 0.6) is 0 Å². The lowest BCUT2D eigenvalue weighted by Crippen LogP contribution is -2.51. The lowest BCUT2D eigenvalue weighted by molar-refractivity contribution is -0.133. The number of aromatic nitrogens is 3. The van der Waals surface area contributed by atoms with E-state index in [1.165, 1.54) is 0 Å². The zero-order valence-electron chi connectivity index (χ0n) is 19.9. The molecule has 0 unspecified atom stereocenters. The van der Waals surface area contributed by atoms with E-state index >= 15 is 0 Å². The highest BCUT2D eigenvalue weighted by molar-refractivity contribution is 7.13. The van der Waals surface area contributed by atoms with Crippen LogP contribution < -0.4 is 15.5 Å². The fraction of sp³-hybridized carbons (Fsp3) is 0.458. The third-order valence-corrected chi connectivity index (χ3v) is 8.31. The molecule has 0 aliphatic carbocycles. The first-order chi connectivity index (χ1) is 17.5. The molecular formula is C24H28N8O3S. The molecule has 2 bridgehead atoms. The van der Waals surface area contributed by atoms with Crippen molar-refractivity contribution < 1.29 is 14.4 Å². The van der Waals surface area contributed by atoms with E-state index in [0.717, 1.165) is 36.7 Å². The highest BCUT2D eigenvalue weighted by Crippen LogP contribution is 2.35. The molecule has 3 N–H and O–H groups in total. The summed E-state index contributed by atoms with van der Waals surface area (Å²) in [5.74, 6) is -0.405. The van der Waals surface area contributed by atoms with Crippen molar-refractivity contribution in [3.8, 4) is 0 Å². The molecule has 0 spiro atoms. The van der Waals surface area contributed by atoms with Gasteiger partial charge in [-0.2, -0.15) is 5.10 Å². The summed E-state index contributed by atoms with van der Waals surface area (Å²) in [6.45, 7) is 3.22. The molecule has 0 radical (unpaired) electrons. The van der Waals surface area contributed by atoms with Gasteiger partial charge < -0.3 is 20.4 Å². The van der Waals surface area contributed by atoms with Gasteiger partial charge in [0.2, 0.25) is 11.8 Å². The van der Waals surface area contributed by atoms with Crippen molar-refractivity contribution >= 4 is 50.8 Å². The van der Waals surface area contributed by atoms with Crippen LogP contribution in [0.1, 0.15) is 23.3 Å². The number of hydrogen-bond acceptors (Lipinski definition) is 8. The first kappa shape index (κ1) is 22.9. The van der Waals surface area contributed by atoms with Gasteiger partial charge in [-0.1, -0.05) is 0 Å². The van der Waals surface area contributed by atoms with E-state index in [4.69, 9.17) is 0 Å². The second-order valence-electron chi connectivity index (χ2n) is 9.68. The molecule has 6 rings (SSSR count). The molecule has 11 nitrogen and oxygen atoms in total. The summed E-state index contributed by atoms with van der Waals surface area (Å²) in [6.07, 6.45) is 3.53. The van der Waals surface area contributed by atoms with Gasteiger partial charge in [0, 0.05) is 49.3 Å². The van der Waals surface area contributed by atoms with E-state index in [1.807, 2.05) is 16.5 Å². The Labute approximate surface area is 211 Å². The number of carbonyl (C=O) groups excluding carboxylic acids is 3. The minimum atomic E-state index is -0.289. The number of piperazine rings is 1. The Morgan fingerprint density at radius 1 is 1.19 bits per heavy atom. The fourth-order valence-electron chi connectivity index (χ4n) is 5.66. The van der Waals surface area contributed by atoms with E-state index in [9.17, 15) is 14.4 Å². The van der Waals surface area contributed by atoms with Crippen LogP contribution in [0.2, 0.25) is 0 Å². The number of thiazole rings is 1. The van der Waals surface area contributed by atoms with E-state index in [1.54, 1.807) is 36.6 Å². The molecule has 2 aromatic heterocycles. The summed E-state index contributed by atoms with van der Waals surface area (Å²) in [5.41, 5.74) is 1.63. The molecule has 0 saturated carbocycles. The van der Waals surface area contributed by atoms with Crippen molar-refractivity contribution in [3.05, 3.63) is 35.5 Å². The highest BCUT2D eigenvalue weighted by Gasteiger charge is 2.46. The smallest absolute Gasteiger partial charge is 0.272 e. The van der Waals surface area contributed by atoms with Crippen LogP contribution in [0.4, 0.5) is 10.8 Å². The SMILES string of the molecule is CNC(=O)c1n[nH]c2ccc(NC(=O)[C@@H]3CCN(CC(=O)N4C[C@H]5C[C@@H]4CN5c4nccs4)C3)cc12. The monoisotopic (exact) mass is 508 g/mol. The molecule has 3 aromatic rings. The first-order valence-electron chi connectivity index (χ1n) is 12.2. The van der Waals surface area contributed by atoms with Crippen molar-refractivity contribution in [2.75, 3.05) is 50.0 Å². The number of nitrogens with zero attached hydrogens (tertiary/aromatic N) is 5. The van der Waals surface area contributed by atoms with Crippen LogP contribution in [-0.2, 0) is 9.59 Å². The Hall–Kier alpha value is -3.51. The lowest BCUT2D eigenvalue weighted by Gasteiger charge is -2.34. The maximum absolute atomic E-state index is 13.1. The van der Waals surface area contributed by atoms with Crippen molar-refractivity contribution in [2.45, 2.75) is 24.9 Å². The van der Waals surface area contributed by atoms with Gasteiger partial charge in [0.1, 0.15) is 0 Å². The van der Waals surface area contributed by atoms with E-state index in [2.05, 4.69) is 35.6 Å². The summed E-state index contributed by atoms with van der Waals surface area (Å²) < 4.78 is 0. The number of rotatable bonds is 6. The van der Waals surface area contributed by atoms with Crippen LogP contribution in [0, 0.1) is 5.92 Å². The summed E-state index contributed by atoms with van der Waals surface area (Å²) in [7, 11) is 1.55. The quantitative estimate of drug-likeness (QED) is 0.456. The summed E-state index contributed by atoms with van der Waals surface area (Å²) in [4.78, 5) is 48.9. The van der Waals surface area contributed by atoms with Gasteiger partial charge >= 0.3 is 0 Å². The first-order valence-corrected chi connectivity index (χ1v) is 13.1. The second-order valence-corrected chi connectivity index (χ2v) is 10.6. The van der Waals surface area contributed by atoms with Gasteiger partial charge in [-0.25, -0.2) is 4.98 Å². The lowest BCUT2D eigenvalue weighted by atomic mass is 10.1. The van der Waals surface area contributed by atoms with Crippen molar-refractivity contribution in [1.29, 1.82) is 0 Å². The Kier molecular flexibility index (Phi) is 5.84. The highest BCUT2D eigenvalue weighted by atomic mass is 32.1. The molecule has 3 fully saturated rings. The number of benzene rings is 1. The zero-order chi connectivity index (χ0) is 24.8. The molecule has 3 aliphatic heterocycles. The molecule has 36 heavy (non-hydrogen) atoms. The van der Waals surface area contributed by atoms with E-state index < -0.39 is 0 Å². The Morgan fingerprint density at radius 3 is 2.83 bits per heavy atom. The number of anilines is 2. The van der Waals surface area contributed by atoms with Gasteiger partial charge in [-0.3, -0.25) is 24.4 Å². The third kappa shape index (κ3) is 4.09. The number of fused-ring (bicyclic) bond motifs is 3. The van der Waals surface area contributed by atoms with Crippen molar-refractivity contribution in [1.82, 2.24) is 30.3 Å². The Bertz CT molecular complexity index is 1310. The number of carbonyl (C=O) groups is 3. The summed E-state index contributed by atoms with van der Waals surface area (Å²) in [5, 5.41) is 16.1. The Balaban J connectivity index is 1.03. The molecule has 3 saturated heterocycles. The molecule has 3 aliphatic rings. The molecular weight excluding hydrogens is 480 g/mol. The van der Waals surface area contributed by atoms with Gasteiger partial charge in [-0.15, -0.1) is 11.3 Å². The predicted molar refractivity (Wildman–Crippen MR) is 136 cm³/mol. The topological polar surface area (TPSA) is 127 Å². The average molecular weight is 509 g/mol. The van der Waals surface area contributed by atoms with Gasteiger partial charge in [0.25, 0.3) is 5.91 Å². The van der Waals surface area contributed by atoms with Crippen molar-refractivity contribution in [3.63, 3.8) is 0 Å². The van der Waals surface area contributed by atoms with Crippen LogP contribution in [0.3, 0.4) is 0 Å². The number of amides is 3. The zero-order valence-corrected chi connectivity index (χ0v) is 20.8. The van der Waals surface area contributed by atoms with Gasteiger partial charge in [0.05, 0.1) is 30.1 Å².